The Balaban J connectivity index is 2.08. The van der Waals surface area contributed by atoms with Crippen LogP contribution >= 0.6 is 0 Å². The zero-order chi connectivity index (χ0) is 10.7. The molecule has 0 spiro atoms. The lowest BCUT2D eigenvalue weighted by atomic mass is 10.7. The van der Waals surface area contributed by atoms with Gasteiger partial charge in [-0.3, -0.25) is 10.2 Å². The fourth-order valence-corrected chi connectivity index (χ4v) is 1.45. The van der Waals surface area contributed by atoms with Gasteiger partial charge in [-0.15, -0.1) is 18.6 Å². The molecule has 2 heterocycles. The molecule has 0 aliphatic heterocycles. The first-order valence-corrected chi connectivity index (χ1v) is 5.12. The van der Waals surface area contributed by atoms with Gasteiger partial charge in [0, 0.05) is 24.5 Å². The van der Waals surface area contributed by atoms with Crippen LogP contribution < -0.4 is 8.37 Å². The van der Waals surface area contributed by atoms with Crippen molar-refractivity contribution in [3.8, 4) is 11.8 Å². The first-order chi connectivity index (χ1) is 7.16. The van der Waals surface area contributed by atoms with Crippen molar-refractivity contribution in [2.24, 2.45) is 0 Å². The first-order valence-electron chi connectivity index (χ1n) is 3.79. The van der Waals surface area contributed by atoms with Crippen LogP contribution in [-0.2, 0) is 10.4 Å². The molecule has 0 aromatic carbocycles. The van der Waals surface area contributed by atoms with Crippen LogP contribution in [0.25, 0.3) is 0 Å². The maximum absolute atomic E-state index is 11.2. The number of nitrogens with zero attached hydrogens (tertiary/aromatic N) is 2. The summed E-state index contributed by atoms with van der Waals surface area (Å²) in [6.07, 6.45) is 2.83. The summed E-state index contributed by atoms with van der Waals surface area (Å²) in [5.74, 6) is -0.212. The number of hydrogen-bond donors (Lipinski definition) is 2. The van der Waals surface area contributed by atoms with Gasteiger partial charge >= 0.3 is 10.4 Å². The maximum Gasteiger partial charge on any atom is 0.504 e. The molecule has 0 bridgehead atoms. The second kappa shape index (κ2) is 3.61. The van der Waals surface area contributed by atoms with Gasteiger partial charge in [0.25, 0.3) is 11.8 Å². The monoisotopic (exact) mass is 230 g/mol. The second-order valence-electron chi connectivity index (χ2n) is 2.40. The Morgan fingerprint density at radius 3 is 1.80 bits per heavy atom. The zero-order valence-corrected chi connectivity index (χ0v) is 8.06. The molecule has 2 aromatic heterocycles. The van der Waals surface area contributed by atoms with Crippen LogP contribution in [-0.4, -0.2) is 28.8 Å². The number of nitrogens with one attached hydrogen (secondary N) is 2. The van der Waals surface area contributed by atoms with Crippen molar-refractivity contribution in [1.82, 2.24) is 20.4 Å². The number of rotatable bonds is 4. The van der Waals surface area contributed by atoms with Crippen molar-refractivity contribution < 1.29 is 16.8 Å². The lowest BCUT2D eigenvalue weighted by Crippen LogP contribution is -2.16. The molecule has 2 N–H and O–H groups in total. The zero-order valence-electron chi connectivity index (χ0n) is 7.25. The van der Waals surface area contributed by atoms with Gasteiger partial charge in [0.2, 0.25) is 0 Å². The van der Waals surface area contributed by atoms with Gasteiger partial charge in [0.1, 0.15) is 0 Å². The molecular weight excluding hydrogens is 224 g/mol. The minimum atomic E-state index is -4.19. The predicted molar refractivity (Wildman–Crippen MR) is 47.4 cm³/mol. The Hall–Kier alpha value is -2.03. The van der Waals surface area contributed by atoms with E-state index in [4.69, 9.17) is 0 Å². The highest BCUT2D eigenvalue weighted by Gasteiger charge is 2.17. The van der Waals surface area contributed by atoms with Gasteiger partial charge in [-0.2, -0.15) is 0 Å². The molecule has 0 saturated carbocycles. The molecule has 15 heavy (non-hydrogen) atoms. The number of hydrogen-bond acceptors (Lipinski definition) is 6. The summed E-state index contributed by atoms with van der Waals surface area (Å²) in [5.41, 5.74) is 0. The summed E-state index contributed by atoms with van der Waals surface area (Å²) in [7, 11) is -4.19. The van der Waals surface area contributed by atoms with Gasteiger partial charge in [0.05, 0.1) is 0 Å². The molecule has 0 aliphatic carbocycles. The summed E-state index contributed by atoms with van der Waals surface area (Å²) in [4.78, 5) is 0. The van der Waals surface area contributed by atoms with E-state index >= 15 is 0 Å². The summed E-state index contributed by atoms with van der Waals surface area (Å²) in [5, 5.41) is 11.8. The summed E-state index contributed by atoms with van der Waals surface area (Å²) < 4.78 is 31.4. The van der Waals surface area contributed by atoms with Crippen molar-refractivity contribution in [1.29, 1.82) is 0 Å². The Morgan fingerprint density at radius 2 is 1.47 bits per heavy atom. The van der Waals surface area contributed by atoms with Crippen LogP contribution in [0, 0.1) is 0 Å². The summed E-state index contributed by atoms with van der Waals surface area (Å²) >= 11 is 0. The Labute approximate surface area is 84.6 Å². The molecule has 8 nitrogen and oxygen atoms in total. The number of H-pyrrole nitrogens is 2. The molecule has 0 aliphatic rings. The lowest BCUT2D eigenvalue weighted by molar-refractivity contribution is 0.380. The van der Waals surface area contributed by atoms with Crippen LogP contribution in [0.15, 0.2) is 24.5 Å². The fraction of sp³-hybridized carbons (Fsp3) is 0. The Kier molecular flexibility index (Phi) is 2.29. The highest BCUT2D eigenvalue weighted by atomic mass is 32.3. The highest BCUT2D eigenvalue weighted by Crippen LogP contribution is 2.11. The molecule has 2 rings (SSSR count). The van der Waals surface area contributed by atoms with E-state index in [0.717, 1.165) is 0 Å². The van der Waals surface area contributed by atoms with E-state index in [2.05, 4.69) is 28.8 Å². The first kappa shape index (κ1) is 9.52. The molecule has 0 atom stereocenters. The summed E-state index contributed by atoms with van der Waals surface area (Å²) in [6, 6.07) is 2.68. The minimum absolute atomic E-state index is 0.106. The van der Waals surface area contributed by atoms with Crippen molar-refractivity contribution in [2.45, 2.75) is 0 Å². The summed E-state index contributed by atoms with van der Waals surface area (Å²) in [6.45, 7) is 0. The molecule has 9 heteroatoms. The molecule has 0 saturated heterocycles. The van der Waals surface area contributed by atoms with Crippen molar-refractivity contribution >= 4 is 10.4 Å². The van der Waals surface area contributed by atoms with E-state index in [1.54, 1.807) is 0 Å². The highest BCUT2D eigenvalue weighted by molar-refractivity contribution is 7.82. The molecule has 0 amide bonds. The Bertz CT molecular complexity index is 461. The van der Waals surface area contributed by atoms with Crippen LogP contribution in [0.5, 0.6) is 11.8 Å². The normalized spacial score (nSPS) is 11.2. The van der Waals surface area contributed by atoms with Gasteiger partial charge in [-0.25, -0.2) is 0 Å². The third-order valence-electron chi connectivity index (χ3n) is 1.33. The van der Waals surface area contributed by atoms with Crippen molar-refractivity contribution in [3.63, 3.8) is 0 Å². The second-order valence-corrected chi connectivity index (χ2v) is 3.55. The van der Waals surface area contributed by atoms with E-state index < -0.39 is 10.4 Å². The standard InChI is InChI=1S/C6H6N4O4S/c11-15(12,13-5-1-3-7-9-5)14-6-2-4-8-10-6/h1-4H,(H,7,9)(H,8,10). The molecule has 2 aromatic rings. The average Bonchev–Trinajstić information content (AvgIpc) is 2.75. The fourth-order valence-electron chi connectivity index (χ4n) is 0.812. The molecule has 80 valence electrons. The van der Waals surface area contributed by atoms with Gasteiger partial charge < -0.3 is 8.37 Å². The van der Waals surface area contributed by atoms with Gasteiger partial charge in [-0.05, 0) is 0 Å². The smallest absolute Gasteiger partial charge is 0.330 e. The quantitative estimate of drug-likeness (QED) is 0.754. The van der Waals surface area contributed by atoms with E-state index in [1.165, 1.54) is 24.5 Å². The third-order valence-corrected chi connectivity index (χ3v) is 2.08. The van der Waals surface area contributed by atoms with Crippen LogP contribution in [0.1, 0.15) is 0 Å². The van der Waals surface area contributed by atoms with Crippen molar-refractivity contribution in [2.75, 3.05) is 0 Å². The SMILES string of the molecule is O=S(=O)(Oc1cc[nH]n1)Oc1cc[nH]n1. The molecule has 0 fully saturated rings. The number of aromatic nitrogens is 4. The van der Waals surface area contributed by atoms with Crippen LogP contribution in [0.3, 0.4) is 0 Å². The average molecular weight is 230 g/mol. The van der Waals surface area contributed by atoms with E-state index in [0.29, 0.717) is 0 Å². The number of aromatic amines is 2. The van der Waals surface area contributed by atoms with Crippen molar-refractivity contribution in [3.05, 3.63) is 24.5 Å². The van der Waals surface area contributed by atoms with Crippen LogP contribution in [0.2, 0.25) is 0 Å². The van der Waals surface area contributed by atoms with Crippen LogP contribution in [0.4, 0.5) is 0 Å². The topological polar surface area (TPSA) is 110 Å². The molecule has 0 unspecified atom stereocenters. The molecular formula is C6H6N4O4S. The van der Waals surface area contributed by atoms with E-state index in [1.807, 2.05) is 0 Å². The molecule has 0 radical (unpaired) electrons. The van der Waals surface area contributed by atoms with Gasteiger partial charge in [-0.1, -0.05) is 0 Å². The maximum atomic E-state index is 11.2. The predicted octanol–water partition coefficient (Wildman–Crippen LogP) is -0.165. The van der Waals surface area contributed by atoms with E-state index in [-0.39, 0.29) is 11.8 Å². The lowest BCUT2D eigenvalue weighted by Gasteiger charge is -2.01. The Morgan fingerprint density at radius 1 is 1.00 bits per heavy atom. The third kappa shape index (κ3) is 2.47. The largest absolute Gasteiger partial charge is 0.504 e. The van der Waals surface area contributed by atoms with E-state index in [9.17, 15) is 8.42 Å². The van der Waals surface area contributed by atoms with Gasteiger partial charge in [0.15, 0.2) is 0 Å². The minimum Gasteiger partial charge on any atom is -0.330 e.